The first-order valence-corrected chi connectivity index (χ1v) is 5.98. The Balaban J connectivity index is 3.79. The highest BCUT2D eigenvalue weighted by Crippen LogP contribution is 2.14. The van der Waals surface area contributed by atoms with E-state index in [1.807, 2.05) is 12.5 Å². The third-order valence-electron chi connectivity index (χ3n) is 2.00. The van der Waals surface area contributed by atoms with Crippen molar-refractivity contribution in [2.24, 2.45) is 14.1 Å². The molecule has 0 bridgehead atoms. The maximum Gasteiger partial charge on any atom is 0.333 e. The van der Waals surface area contributed by atoms with Gasteiger partial charge in [-0.2, -0.15) is 0 Å². The Bertz CT molecular complexity index is 473. The van der Waals surface area contributed by atoms with Gasteiger partial charge in [0.15, 0.2) is 0 Å². The summed E-state index contributed by atoms with van der Waals surface area (Å²) in [7, 11) is 2.47. The van der Waals surface area contributed by atoms with Crippen molar-refractivity contribution in [1.29, 1.82) is 0 Å². The molecular formula is C8H13N2O3S+. The highest BCUT2D eigenvalue weighted by molar-refractivity contribution is 7.95. The summed E-state index contributed by atoms with van der Waals surface area (Å²) in [5, 5.41) is 9.61. The second kappa shape index (κ2) is 3.53. The molecule has 0 aliphatic rings. The lowest BCUT2D eigenvalue weighted by Crippen LogP contribution is -2.39. The predicted octanol–water partition coefficient (Wildman–Crippen LogP) is -0.974. The fourth-order valence-corrected chi connectivity index (χ4v) is 2.15. The summed E-state index contributed by atoms with van der Waals surface area (Å²) in [6, 6.07) is 0. The minimum absolute atomic E-state index is 0.230. The van der Waals surface area contributed by atoms with Crippen molar-refractivity contribution in [3.63, 3.8) is 0 Å². The van der Waals surface area contributed by atoms with Crippen LogP contribution in [0.25, 0.3) is 0 Å². The van der Waals surface area contributed by atoms with E-state index in [4.69, 9.17) is 0 Å². The van der Waals surface area contributed by atoms with Gasteiger partial charge in [0.25, 0.3) is 10.8 Å². The maximum absolute atomic E-state index is 11.6. The zero-order chi connectivity index (χ0) is 11.0. The Labute approximate surface area is 84.0 Å². The average Bonchev–Trinajstić information content (AvgIpc) is 2.11. The van der Waals surface area contributed by atoms with Crippen LogP contribution in [-0.2, 0) is 25.0 Å². The number of hydrogen-bond donors (Lipinski definition) is 1. The lowest BCUT2D eigenvalue weighted by molar-refractivity contribution is 0.394. The Kier molecular flexibility index (Phi) is 2.75. The van der Waals surface area contributed by atoms with E-state index in [0.29, 0.717) is 4.90 Å². The summed E-state index contributed by atoms with van der Waals surface area (Å²) in [6.45, 7) is 0. The second-order valence-corrected chi connectivity index (χ2v) is 5.22. The van der Waals surface area contributed by atoms with E-state index in [9.17, 15) is 14.7 Å². The zero-order valence-corrected chi connectivity index (χ0v) is 9.38. The topological polar surface area (TPSA) is 64.2 Å². The van der Waals surface area contributed by atoms with Gasteiger partial charge in [-0.05, 0) is 0 Å². The van der Waals surface area contributed by atoms with E-state index in [1.54, 1.807) is 0 Å². The SMILES string of the molecule is Cn1c(O)c([S+](C)C)c(=O)n(C)c1=O. The molecule has 0 saturated carbocycles. The molecule has 5 nitrogen and oxygen atoms in total. The van der Waals surface area contributed by atoms with Gasteiger partial charge < -0.3 is 5.11 Å². The molecule has 1 aromatic heterocycles. The van der Waals surface area contributed by atoms with Crippen LogP contribution >= 0.6 is 0 Å². The molecule has 0 saturated heterocycles. The molecule has 0 amide bonds. The Morgan fingerprint density at radius 2 is 1.64 bits per heavy atom. The molecule has 0 unspecified atom stereocenters. The van der Waals surface area contributed by atoms with Crippen molar-refractivity contribution in [3.05, 3.63) is 20.8 Å². The van der Waals surface area contributed by atoms with Crippen LogP contribution in [0.2, 0.25) is 0 Å². The minimum atomic E-state index is -0.512. The summed E-state index contributed by atoms with van der Waals surface area (Å²) < 4.78 is 2.08. The van der Waals surface area contributed by atoms with Crippen molar-refractivity contribution in [1.82, 2.24) is 9.13 Å². The van der Waals surface area contributed by atoms with E-state index in [1.165, 1.54) is 14.1 Å². The molecule has 14 heavy (non-hydrogen) atoms. The van der Waals surface area contributed by atoms with Crippen LogP contribution in [0.1, 0.15) is 0 Å². The maximum atomic E-state index is 11.6. The standard InChI is InChI=1S/C8H12N2O3S/c1-9-6(11)5(14(3)4)7(12)10(2)8(9)13/h1-4H3/p+1. The fraction of sp³-hybridized carbons (Fsp3) is 0.500. The van der Waals surface area contributed by atoms with Gasteiger partial charge >= 0.3 is 11.2 Å². The van der Waals surface area contributed by atoms with Crippen LogP contribution in [0.4, 0.5) is 0 Å². The highest BCUT2D eigenvalue weighted by atomic mass is 32.2. The van der Waals surface area contributed by atoms with Crippen LogP contribution in [0.3, 0.4) is 0 Å². The summed E-state index contributed by atoms with van der Waals surface area (Å²) in [5.41, 5.74) is -0.930. The minimum Gasteiger partial charge on any atom is -0.491 e. The molecule has 6 heteroatoms. The second-order valence-electron chi connectivity index (χ2n) is 3.17. The molecule has 0 aliphatic carbocycles. The van der Waals surface area contributed by atoms with Gasteiger partial charge in [-0.3, -0.25) is 13.9 Å². The molecule has 0 aromatic carbocycles. The summed E-state index contributed by atoms with van der Waals surface area (Å²) in [5.74, 6) is -0.230. The van der Waals surface area contributed by atoms with Gasteiger partial charge in [-0.25, -0.2) is 4.79 Å². The quantitative estimate of drug-likeness (QED) is 0.615. The summed E-state index contributed by atoms with van der Waals surface area (Å²) in [4.78, 5) is 23.3. The number of hydrogen-bond acceptors (Lipinski definition) is 3. The first-order valence-electron chi connectivity index (χ1n) is 3.94. The molecule has 1 heterocycles. The van der Waals surface area contributed by atoms with Gasteiger partial charge in [-0.15, -0.1) is 0 Å². The lowest BCUT2D eigenvalue weighted by atomic mass is 10.6. The van der Waals surface area contributed by atoms with Gasteiger partial charge in [0, 0.05) is 25.0 Å². The summed E-state index contributed by atoms with van der Waals surface area (Å²) >= 11 is 0. The highest BCUT2D eigenvalue weighted by Gasteiger charge is 2.24. The molecule has 0 spiro atoms. The monoisotopic (exact) mass is 217 g/mol. The number of aromatic hydroxyl groups is 1. The normalized spacial score (nSPS) is 10.9. The van der Waals surface area contributed by atoms with Gasteiger partial charge in [0.2, 0.25) is 0 Å². The largest absolute Gasteiger partial charge is 0.491 e. The van der Waals surface area contributed by atoms with Crippen LogP contribution in [-0.4, -0.2) is 26.8 Å². The van der Waals surface area contributed by atoms with Crippen LogP contribution < -0.4 is 11.2 Å². The zero-order valence-electron chi connectivity index (χ0n) is 8.57. The molecule has 78 valence electrons. The molecule has 0 atom stereocenters. The predicted molar refractivity (Wildman–Crippen MR) is 56.1 cm³/mol. The molecule has 1 rings (SSSR count). The van der Waals surface area contributed by atoms with Crippen LogP contribution in [0, 0.1) is 0 Å². The molecule has 1 N–H and O–H groups in total. The Hall–Kier alpha value is -1.17. The van der Waals surface area contributed by atoms with Crippen molar-refractivity contribution in [3.8, 4) is 5.88 Å². The van der Waals surface area contributed by atoms with E-state index in [2.05, 4.69) is 0 Å². The fourth-order valence-electron chi connectivity index (χ4n) is 1.16. The van der Waals surface area contributed by atoms with E-state index in [-0.39, 0.29) is 16.8 Å². The Morgan fingerprint density at radius 3 is 2.07 bits per heavy atom. The van der Waals surface area contributed by atoms with Crippen LogP contribution in [0.5, 0.6) is 5.88 Å². The number of aromatic nitrogens is 2. The Morgan fingerprint density at radius 1 is 1.14 bits per heavy atom. The van der Waals surface area contributed by atoms with Crippen molar-refractivity contribution in [2.75, 3.05) is 12.5 Å². The van der Waals surface area contributed by atoms with Crippen molar-refractivity contribution >= 4 is 10.9 Å². The third-order valence-corrected chi connectivity index (χ3v) is 3.18. The summed E-state index contributed by atoms with van der Waals surface area (Å²) in [6.07, 6.45) is 3.64. The van der Waals surface area contributed by atoms with Crippen LogP contribution in [0.15, 0.2) is 14.5 Å². The average molecular weight is 217 g/mol. The van der Waals surface area contributed by atoms with E-state index in [0.717, 1.165) is 9.13 Å². The van der Waals surface area contributed by atoms with Gasteiger partial charge in [-0.1, -0.05) is 0 Å². The number of nitrogens with zero attached hydrogens (tertiary/aromatic N) is 2. The smallest absolute Gasteiger partial charge is 0.333 e. The van der Waals surface area contributed by atoms with E-state index >= 15 is 0 Å². The van der Waals surface area contributed by atoms with Gasteiger partial charge in [0.05, 0.1) is 0 Å². The third kappa shape index (κ3) is 1.45. The van der Waals surface area contributed by atoms with Gasteiger partial charge in [0.1, 0.15) is 12.5 Å². The van der Waals surface area contributed by atoms with E-state index < -0.39 is 11.2 Å². The number of rotatable bonds is 1. The molecule has 0 radical (unpaired) electrons. The molecule has 0 aliphatic heterocycles. The lowest BCUT2D eigenvalue weighted by Gasteiger charge is -2.06. The molecular weight excluding hydrogens is 204 g/mol. The molecule has 0 fully saturated rings. The first kappa shape index (κ1) is 10.9. The van der Waals surface area contributed by atoms with Crippen molar-refractivity contribution < 1.29 is 5.11 Å². The first-order chi connectivity index (χ1) is 6.37. The molecule has 1 aromatic rings. The van der Waals surface area contributed by atoms with Crippen molar-refractivity contribution in [2.45, 2.75) is 4.90 Å².